The monoisotopic (exact) mass is 753 g/mol. The Labute approximate surface area is 343 Å². The van der Waals surface area contributed by atoms with E-state index in [9.17, 15) is 0 Å². The minimum absolute atomic E-state index is 0.916. The average Bonchev–Trinajstić information content (AvgIpc) is 3.65. The summed E-state index contributed by atoms with van der Waals surface area (Å²) >= 11 is 0. The van der Waals surface area contributed by atoms with E-state index in [4.69, 9.17) is 4.42 Å². The van der Waals surface area contributed by atoms with Crippen LogP contribution in [0.3, 0.4) is 0 Å². The lowest BCUT2D eigenvalue weighted by Crippen LogP contribution is -2.09. The van der Waals surface area contributed by atoms with Gasteiger partial charge in [0.05, 0.1) is 0 Å². The van der Waals surface area contributed by atoms with Gasteiger partial charge >= 0.3 is 0 Å². The highest BCUT2D eigenvalue weighted by atomic mass is 16.3. The van der Waals surface area contributed by atoms with Crippen LogP contribution in [0.4, 0.5) is 17.1 Å². The average molecular weight is 754 g/mol. The zero-order chi connectivity index (χ0) is 39.3. The lowest BCUT2D eigenvalue weighted by Gasteiger charge is -2.26. The second kappa shape index (κ2) is 14.4. The largest absolute Gasteiger partial charge is 0.456 e. The van der Waals surface area contributed by atoms with Crippen molar-refractivity contribution in [3.8, 4) is 44.7 Å². The first kappa shape index (κ1) is 34.6. The molecular formula is C57H39NO. The summed E-state index contributed by atoms with van der Waals surface area (Å²) < 4.78 is 6.34. The van der Waals surface area contributed by atoms with Gasteiger partial charge in [-0.3, -0.25) is 0 Å². The number of furan rings is 1. The van der Waals surface area contributed by atoms with Gasteiger partial charge in [0.1, 0.15) is 11.3 Å². The molecule has 0 saturated heterocycles. The van der Waals surface area contributed by atoms with Crippen molar-refractivity contribution in [1.82, 2.24) is 0 Å². The maximum Gasteiger partial charge on any atom is 0.138 e. The van der Waals surface area contributed by atoms with E-state index in [0.717, 1.165) is 56.0 Å². The molecule has 0 N–H and O–H groups in total. The van der Waals surface area contributed by atoms with Crippen LogP contribution in [0.1, 0.15) is 5.56 Å². The molecule has 0 aliphatic rings. The molecule has 1 heterocycles. The minimum Gasteiger partial charge on any atom is -0.456 e. The number of rotatable bonds is 7. The van der Waals surface area contributed by atoms with Gasteiger partial charge in [0.25, 0.3) is 0 Å². The highest BCUT2D eigenvalue weighted by Gasteiger charge is 2.16. The highest BCUT2D eigenvalue weighted by molar-refractivity contribution is 6.08. The van der Waals surface area contributed by atoms with Crippen LogP contribution in [0, 0.1) is 6.92 Å². The fraction of sp³-hybridized carbons (Fsp3) is 0.0175. The summed E-state index contributed by atoms with van der Waals surface area (Å²) in [4.78, 5) is 2.35. The van der Waals surface area contributed by atoms with Gasteiger partial charge in [0.15, 0.2) is 0 Å². The van der Waals surface area contributed by atoms with Crippen molar-refractivity contribution in [2.24, 2.45) is 0 Å². The van der Waals surface area contributed by atoms with Crippen LogP contribution in [0.2, 0.25) is 0 Å². The molecule has 10 aromatic carbocycles. The van der Waals surface area contributed by atoms with E-state index in [1.54, 1.807) is 0 Å². The molecule has 0 radical (unpaired) electrons. The van der Waals surface area contributed by atoms with E-state index < -0.39 is 0 Å². The molecule has 0 aliphatic heterocycles. The standard InChI is InChI=1S/C57H39NO/c1-38-53-14-6-7-16-56(53)59-57(38)49-13-8-12-45(37-49)40-21-28-50(29-22-40)58(51-30-23-41(24-31-51)46-19-17-39-9-2-3-11-44(39)35-46)52-32-25-42(26-33-52)47-27-34-55-48(36-47)20-18-43-10-4-5-15-54(43)55/h2-37H,1H3. The van der Waals surface area contributed by atoms with Crippen molar-refractivity contribution < 1.29 is 4.42 Å². The third-order valence-corrected chi connectivity index (χ3v) is 11.8. The van der Waals surface area contributed by atoms with Gasteiger partial charge in [-0.05, 0) is 133 Å². The van der Waals surface area contributed by atoms with Gasteiger partial charge < -0.3 is 9.32 Å². The number of aryl methyl sites for hydroxylation is 1. The van der Waals surface area contributed by atoms with E-state index in [-0.39, 0.29) is 0 Å². The summed E-state index contributed by atoms with van der Waals surface area (Å²) in [5, 5.41) is 8.73. The summed E-state index contributed by atoms with van der Waals surface area (Å²) in [5.74, 6) is 0.920. The van der Waals surface area contributed by atoms with Gasteiger partial charge in [0, 0.05) is 33.6 Å². The summed E-state index contributed by atoms with van der Waals surface area (Å²) in [5.41, 5.74) is 13.5. The van der Waals surface area contributed by atoms with Crippen molar-refractivity contribution in [2.75, 3.05) is 4.90 Å². The fourth-order valence-electron chi connectivity index (χ4n) is 8.71. The molecule has 59 heavy (non-hydrogen) atoms. The Balaban J connectivity index is 0.949. The zero-order valence-corrected chi connectivity index (χ0v) is 32.6. The summed E-state index contributed by atoms with van der Waals surface area (Å²) in [6.07, 6.45) is 0. The Bertz CT molecular complexity index is 3320. The van der Waals surface area contributed by atoms with Crippen LogP contribution in [-0.4, -0.2) is 0 Å². The molecule has 2 nitrogen and oxygen atoms in total. The van der Waals surface area contributed by atoms with E-state index in [1.165, 1.54) is 54.6 Å². The number of benzene rings is 10. The predicted molar refractivity (Wildman–Crippen MR) is 250 cm³/mol. The van der Waals surface area contributed by atoms with Crippen LogP contribution >= 0.6 is 0 Å². The maximum absolute atomic E-state index is 6.34. The molecule has 0 bridgehead atoms. The number of hydrogen-bond donors (Lipinski definition) is 0. The SMILES string of the molecule is Cc1c(-c2cccc(-c3ccc(N(c4ccc(-c5ccc6ccccc6c5)cc4)c4ccc(-c5ccc6c(ccc7ccccc76)c5)cc4)cc3)c2)oc2ccccc12. The molecule has 2 heteroatoms. The molecule has 0 spiro atoms. The van der Waals surface area contributed by atoms with Crippen LogP contribution in [-0.2, 0) is 0 Å². The Kier molecular flexibility index (Phi) is 8.41. The smallest absolute Gasteiger partial charge is 0.138 e. The van der Waals surface area contributed by atoms with Crippen molar-refractivity contribution in [3.05, 3.63) is 224 Å². The van der Waals surface area contributed by atoms with E-state index >= 15 is 0 Å². The minimum atomic E-state index is 0.916. The van der Waals surface area contributed by atoms with E-state index in [1.807, 2.05) is 12.1 Å². The molecule has 0 fully saturated rings. The first-order valence-electron chi connectivity index (χ1n) is 20.2. The zero-order valence-electron chi connectivity index (χ0n) is 32.6. The number of hydrogen-bond acceptors (Lipinski definition) is 2. The normalized spacial score (nSPS) is 11.5. The van der Waals surface area contributed by atoms with Gasteiger partial charge in [-0.25, -0.2) is 0 Å². The third-order valence-electron chi connectivity index (χ3n) is 11.8. The first-order chi connectivity index (χ1) is 29.1. The van der Waals surface area contributed by atoms with Gasteiger partial charge in [-0.15, -0.1) is 0 Å². The van der Waals surface area contributed by atoms with Crippen molar-refractivity contribution in [2.45, 2.75) is 6.92 Å². The third kappa shape index (κ3) is 6.32. The number of anilines is 3. The van der Waals surface area contributed by atoms with Crippen molar-refractivity contribution >= 4 is 60.3 Å². The number of fused-ring (bicyclic) bond motifs is 5. The Morgan fingerprint density at radius 3 is 1.42 bits per heavy atom. The van der Waals surface area contributed by atoms with Gasteiger partial charge in [-0.1, -0.05) is 158 Å². The quantitative estimate of drug-likeness (QED) is 0.151. The molecule has 278 valence electrons. The van der Waals surface area contributed by atoms with Crippen LogP contribution in [0.25, 0.3) is 88.0 Å². The predicted octanol–water partition coefficient (Wildman–Crippen LogP) is 16.3. The van der Waals surface area contributed by atoms with Gasteiger partial charge in [-0.2, -0.15) is 0 Å². The van der Waals surface area contributed by atoms with Crippen molar-refractivity contribution in [1.29, 1.82) is 0 Å². The molecule has 0 atom stereocenters. The van der Waals surface area contributed by atoms with Gasteiger partial charge in [0.2, 0.25) is 0 Å². The Morgan fingerprint density at radius 1 is 0.305 bits per heavy atom. The second-order valence-electron chi connectivity index (χ2n) is 15.4. The molecule has 0 aliphatic carbocycles. The lowest BCUT2D eigenvalue weighted by atomic mass is 9.97. The molecule has 1 aromatic heterocycles. The topological polar surface area (TPSA) is 16.4 Å². The Hall–Kier alpha value is -7.68. The lowest BCUT2D eigenvalue weighted by molar-refractivity contribution is 0.629. The van der Waals surface area contributed by atoms with Crippen LogP contribution in [0.5, 0.6) is 0 Å². The van der Waals surface area contributed by atoms with Crippen LogP contribution < -0.4 is 4.90 Å². The first-order valence-corrected chi connectivity index (χ1v) is 20.2. The summed E-state index contributed by atoms with van der Waals surface area (Å²) in [6.45, 7) is 2.14. The fourth-order valence-corrected chi connectivity index (χ4v) is 8.71. The molecule has 11 rings (SSSR count). The summed E-state index contributed by atoms with van der Waals surface area (Å²) in [6, 6.07) is 78.9. The highest BCUT2D eigenvalue weighted by Crippen LogP contribution is 2.40. The molecule has 0 unspecified atom stereocenters. The number of para-hydroxylation sites is 1. The number of nitrogens with zero attached hydrogens (tertiary/aromatic N) is 1. The maximum atomic E-state index is 6.34. The second-order valence-corrected chi connectivity index (χ2v) is 15.4. The van der Waals surface area contributed by atoms with E-state index in [0.29, 0.717) is 0 Å². The van der Waals surface area contributed by atoms with Crippen molar-refractivity contribution in [3.63, 3.8) is 0 Å². The molecular weight excluding hydrogens is 715 g/mol. The Morgan fingerprint density at radius 2 is 0.763 bits per heavy atom. The summed E-state index contributed by atoms with van der Waals surface area (Å²) in [7, 11) is 0. The molecule has 0 saturated carbocycles. The molecule has 0 amide bonds. The molecule has 11 aromatic rings. The van der Waals surface area contributed by atoms with E-state index in [2.05, 4.69) is 218 Å². The van der Waals surface area contributed by atoms with Crippen LogP contribution in [0.15, 0.2) is 223 Å².